The van der Waals surface area contributed by atoms with Gasteiger partial charge < -0.3 is 15.2 Å². The van der Waals surface area contributed by atoms with Crippen molar-refractivity contribution in [2.75, 3.05) is 0 Å². The quantitative estimate of drug-likeness (QED) is 0.284. The number of aromatic nitrogens is 2. The van der Waals surface area contributed by atoms with Crippen LogP contribution in [-0.4, -0.2) is 37.3 Å². The smallest absolute Gasteiger partial charge is 0.342 e. The fourth-order valence-corrected chi connectivity index (χ4v) is 1.86. The maximum atomic E-state index is 11.6. The van der Waals surface area contributed by atoms with Crippen molar-refractivity contribution in [3.63, 3.8) is 0 Å². The van der Waals surface area contributed by atoms with E-state index in [1.54, 1.807) is 0 Å². The third-order valence-corrected chi connectivity index (χ3v) is 2.91. The largest absolute Gasteiger partial charge is 0.494 e. The minimum atomic E-state index is -1.45. The monoisotopic (exact) mass is 336 g/mol. The van der Waals surface area contributed by atoms with Gasteiger partial charge in [0.05, 0.1) is 10.6 Å². The molecule has 2 rings (SSSR count). The number of aliphatic imine (C=N–C) groups is 1. The molecule has 0 aliphatic heterocycles. The first-order chi connectivity index (χ1) is 10.8. The van der Waals surface area contributed by atoms with Crippen LogP contribution in [0.5, 0.6) is 5.88 Å². The van der Waals surface area contributed by atoms with Crippen LogP contribution >= 0.6 is 12.2 Å². The number of carboxylic acid groups (broad SMARTS) is 1. The van der Waals surface area contributed by atoms with Crippen molar-refractivity contribution in [1.29, 1.82) is 0 Å². The number of nitrogens with one attached hydrogen (secondary N) is 2. The second-order valence-electron chi connectivity index (χ2n) is 4.19. The zero-order valence-electron chi connectivity index (χ0n) is 11.1. The molecule has 0 fully saturated rings. The van der Waals surface area contributed by atoms with Crippen molar-refractivity contribution in [1.82, 2.24) is 9.97 Å². The highest BCUT2D eigenvalue weighted by Gasteiger charge is 2.19. The average Bonchev–Trinajstić information content (AvgIpc) is 2.45. The first-order valence-electron chi connectivity index (χ1n) is 5.91. The lowest BCUT2D eigenvalue weighted by molar-refractivity contribution is -0.385. The number of carbonyl (C=O) groups is 1. The van der Waals surface area contributed by atoms with Crippen LogP contribution < -0.4 is 5.56 Å². The summed E-state index contributed by atoms with van der Waals surface area (Å²) < 4.78 is -0.0777. The van der Waals surface area contributed by atoms with Crippen molar-refractivity contribution < 1.29 is 19.9 Å². The molecule has 0 saturated heterocycles. The normalized spacial score (nSPS) is 10.8. The lowest BCUT2D eigenvalue weighted by Crippen LogP contribution is -2.13. The van der Waals surface area contributed by atoms with Gasteiger partial charge in [0.1, 0.15) is 11.1 Å². The van der Waals surface area contributed by atoms with Crippen molar-refractivity contribution in [2.45, 2.75) is 0 Å². The van der Waals surface area contributed by atoms with Gasteiger partial charge in [-0.3, -0.25) is 24.9 Å². The van der Waals surface area contributed by atoms with Gasteiger partial charge >= 0.3 is 5.97 Å². The van der Waals surface area contributed by atoms with E-state index in [4.69, 9.17) is 5.11 Å². The number of hydrogen-bond donors (Lipinski definition) is 4. The highest BCUT2D eigenvalue weighted by atomic mass is 32.1. The molecule has 1 heterocycles. The molecule has 1 aromatic heterocycles. The number of aromatic hydroxyl groups is 1. The van der Waals surface area contributed by atoms with E-state index in [9.17, 15) is 24.8 Å². The third kappa shape index (κ3) is 3.47. The van der Waals surface area contributed by atoms with E-state index < -0.39 is 33.6 Å². The van der Waals surface area contributed by atoms with E-state index in [0.717, 1.165) is 18.3 Å². The van der Waals surface area contributed by atoms with Crippen LogP contribution in [0.4, 0.5) is 11.4 Å². The van der Waals surface area contributed by atoms with E-state index in [2.05, 4.69) is 27.2 Å². The van der Waals surface area contributed by atoms with Crippen LogP contribution in [0.1, 0.15) is 15.9 Å². The Hall–Kier alpha value is -3.34. The summed E-state index contributed by atoms with van der Waals surface area (Å²) >= 11 is 4.66. The number of aromatic amines is 2. The Labute approximate surface area is 131 Å². The van der Waals surface area contributed by atoms with E-state index in [-0.39, 0.29) is 16.0 Å². The van der Waals surface area contributed by atoms with Crippen LogP contribution in [-0.2, 0) is 0 Å². The molecule has 0 unspecified atom stereocenters. The predicted octanol–water partition coefficient (Wildman–Crippen LogP) is 1.50. The molecule has 0 bridgehead atoms. The van der Waals surface area contributed by atoms with Crippen LogP contribution in [0.3, 0.4) is 0 Å². The van der Waals surface area contributed by atoms with Gasteiger partial charge in [0.15, 0.2) is 4.77 Å². The Morgan fingerprint density at radius 3 is 2.65 bits per heavy atom. The number of benzene rings is 1. The van der Waals surface area contributed by atoms with Gasteiger partial charge in [-0.15, -0.1) is 0 Å². The van der Waals surface area contributed by atoms with Gasteiger partial charge in [-0.25, -0.2) is 4.79 Å². The number of nitro groups is 1. The standard InChI is InChI=1S/C12H8N4O6S/c17-9-7(10(18)15-12(23)14-9)4-13-5-1-2-6(11(19)20)8(3-5)16(21)22/h1-4H,(H,19,20)(H3,14,15,17,18,23). The van der Waals surface area contributed by atoms with E-state index in [1.165, 1.54) is 6.07 Å². The lowest BCUT2D eigenvalue weighted by atomic mass is 10.1. The van der Waals surface area contributed by atoms with Crippen LogP contribution in [0.15, 0.2) is 28.0 Å². The van der Waals surface area contributed by atoms with Gasteiger partial charge in [-0.05, 0) is 24.4 Å². The molecule has 23 heavy (non-hydrogen) atoms. The van der Waals surface area contributed by atoms with E-state index >= 15 is 0 Å². The number of H-pyrrole nitrogens is 2. The summed E-state index contributed by atoms with van der Waals surface area (Å²) in [5.41, 5.74) is -2.03. The summed E-state index contributed by atoms with van der Waals surface area (Å²) in [7, 11) is 0. The molecule has 0 aliphatic rings. The number of nitrogens with zero attached hydrogens (tertiary/aromatic N) is 2. The van der Waals surface area contributed by atoms with Gasteiger partial charge in [0, 0.05) is 12.3 Å². The summed E-state index contributed by atoms with van der Waals surface area (Å²) in [6.07, 6.45) is 0.971. The van der Waals surface area contributed by atoms with E-state index in [0.29, 0.717) is 0 Å². The summed E-state index contributed by atoms with van der Waals surface area (Å²) in [4.78, 5) is 40.9. The summed E-state index contributed by atoms with van der Waals surface area (Å²) in [6.45, 7) is 0. The van der Waals surface area contributed by atoms with Crippen molar-refractivity contribution >= 4 is 35.8 Å². The summed E-state index contributed by atoms with van der Waals surface area (Å²) in [5.74, 6) is -1.96. The minimum Gasteiger partial charge on any atom is -0.494 e. The number of carboxylic acids is 1. The maximum Gasteiger partial charge on any atom is 0.342 e. The van der Waals surface area contributed by atoms with Crippen LogP contribution in [0.25, 0.3) is 0 Å². The molecular formula is C12H8N4O6S. The van der Waals surface area contributed by atoms with Crippen LogP contribution in [0.2, 0.25) is 0 Å². The minimum absolute atomic E-state index is 0.0305. The van der Waals surface area contributed by atoms with Crippen molar-refractivity contribution in [3.8, 4) is 5.88 Å². The maximum absolute atomic E-state index is 11.6. The number of nitro benzene ring substituents is 1. The van der Waals surface area contributed by atoms with Gasteiger partial charge in [0.25, 0.3) is 11.2 Å². The molecule has 0 saturated carbocycles. The molecule has 0 spiro atoms. The predicted molar refractivity (Wildman–Crippen MR) is 81.2 cm³/mol. The SMILES string of the molecule is O=C(O)c1ccc(N=Cc2c(O)[nH]c(=S)[nH]c2=O)cc1[N+](=O)[O-]. The highest BCUT2D eigenvalue weighted by Crippen LogP contribution is 2.25. The molecule has 118 valence electrons. The topological polar surface area (TPSA) is 162 Å². The lowest BCUT2D eigenvalue weighted by Gasteiger charge is -2.00. The molecule has 10 nitrogen and oxygen atoms in total. The second-order valence-corrected chi connectivity index (χ2v) is 4.60. The van der Waals surface area contributed by atoms with Gasteiger partial charge in [-0.1, -0.05) is 0 Å². The summed E-state index contributed by atoms with van der Waals surface area (Å²) in [5, 5.41) is 29.3. The molecule has 0 amide bonds. The molecular weight excluding hydrogens is 328 g/mol. The first-order valence-corrected chi connectivity index (χ1v) is 6.32. The molecule has 2 aromatic rings. The third-order valence-electron chi connectivity index (χ3n) is 2.71. The number of hydrogen-bond acceptors (Lipinski definition) is 7. The van der Waals surface area contributed by atoms with E-state index in [1.807, 2.05) is 0 Å². The first kappa shape index (κ1) is 16.0. The molecule has 4 N–H and O–H groups in total. The zero-order valence-corrected chi connectivity index (χ0v) is 12.0. The van der Waals surface area contributed by atoms with Crippen molar-refractivity contribution in [3.05, 3.63) is 54.6 Å². The number of rotatable bonds is 4. The molecule has 0 radical (unpaired) electrons. The van der Waals surface area contributed by atoms with Gasteiger partial charge in [0.2, 0.25) is 5.88 Å². The Kier molecular flexibility index (Phi) is 4.32. The fourth-order valence-electron chi connectivity index (χ4n) is 1.68. The summed E-state index contributed by atoms with van der Waals surface area (Å²) in [6, 6.07) is 3.19. The molecule has 0 aliphatic carbocycles. The second kappa shape index (κ2) is 6.19. The van der Waals surface area contributed by atoms with Crippen LogP contribution in [0, 0.1) is 14.9 Å². The Morgan fingerprint density at radius 2 is 2.09 bits per heavy atom. The molecule has 1 aromatic carbocycles. The fraction of sp³-hybridized carbons (Fsp3) is 0. The Balaban J connectivity index is 2.47. The Bertz CT molecular complexity index is 945. The Morgan fingerprint density at radius 1 is 1.39 bits per heavy atom. The number of aromatic carboxylic acids is 1. The highest BCUT2D eigenvalue weighted by molar-refractivity contribution is 7.71. The average molecular weight is 336 g/mol. The van der Waals surface area contributed by atoms with Gasteiger partial charge in [-0.2, -0.15) is 0 Å². The zero-order chi connectivity index (χ0) is 17.1. The molecule has 11 heteroatoms. The molecule has 0 atom stereocenters. The van der Waals surface area contributed by atoms with Crippen molar-refractivity contribution in [2.24, 2.45) is 4.99 Å².